The van der Waals surface area contributed by atoms with E-state index in [1.165, 1.54) is 0 Å². The van der Waals surface area contributed by atoms with Crippen LogP contribution in [-0.2, 0) is 9.59 Å². The van der Waals surface area contributed by atoms with E-state index in [1.54, 1.807) is 4.90 Å². The molecule has 0 spiro atoms. The Kier molecular flexibility index (Phi) is 5.99. The summed E-state index contributed by atoms with van der Waals surface area (Å²) in [6.45, 7) is 9.44. The maximum atomic E-state index is 12.3. The molecule has 2 atom stereocenters. The Hall–Kier alpha value is -1.10. The topological polar surface area (TPSA) is 61.4 Å². The van der Waals surface area contributed by atoms with E-state index >= 15 is 0 Å². The molecule has 1 heterocycles. The fraction of sp³-hybridized carbons (Fsp3) is 0.867. The van der Waals surface area contributed by atoms with E-state index in [1.807, 2.05) is 34.7 Å². The van der Waals surface area contributed by atoms with Gasteiger partial charge in [0.1, 0.15) is 6.04 Å². The highest BCUT2D eigenvalue weighted by Crippen LogP contribution is 2.24. The second-order valence-corrected chi connectivity index (χ2v) is 6.92. The standard InChI is InChI=1S/C15H29N3O2/c1-11(16-5)10-17-14(20)12-7-6-8-18(12)13(19)9-15(2,3)4/h11-12,16H,6-10H2,1-5H3,(H,17,20). The van der Waals surface area contributed by atoms with E-state index in [2.05, 4.69) is 10.6 Å². The van der Waals surface area contributed by atoms with E-state index in [4.69, 9.17) is 0 Å². The number of nitrogens with one attached hydrogen (secondary N) is 2. The number of amides is 2. The number of nitrogens with zero attached hydrogens (tertiary/aromatic N) is 1. The number of hydrogen-bond acceptors (Lipinski definition) is 3. The molecule has 1 rings (SSSR count). The molecule has 5 heteroatoms. The molecule has 116 valence electrons. The molecule has 0 aromatic heterocycles. The van der Waals surface area contributed by atoms with Gasteiger partial charge in [0.05, 0.1) is 0 Å². The molecule has 0 aromatic carbocycles. The summed E-state index contributed by atoms with van der Waals surface area (Å²) in [5.74, 6) is 0.0728. The van der Waals surface area contributed by atoms with Gasteiger partial charge in [-0.25, -0.2) is 0 Å². The molecule has 5 nitrogen and oxygen atoms in total. The van der Waals surface area contributed by atoms with Gasteiger partial charge in [-0.3, -0.25) is 9.59 Å². The highest BCUT2D eigenvalue weighted by atomic mass is 16.2. The lowest BCUT2D eigenvalue weighted by Crippen LogP contribution is -2.48. The van der Waals surface area contributed by atoms with E-state index < -0.39 is 0 Å². The van der Waals surface area contributed by atoms with Gasteiger partial charge in [-0.2, -0.15) is 0 Å². The molecular formula is C15H29N3O2. The molecule has 2 unspecified atom stereocenters. The van der Waals surface area contributed by atoms with Crippen molar-refractivity contribution in [2.45, 2.75) is 59.0 Å². The first-order valence-electron chi connectivity index (χ1n) is 7.49. The van der Waals surface area contributed by atoms with Gasteiger partial charge in [0.25, 0.3) is 0 Å². The van der Waals surface area contributed by atoms with E-state index in [-0.39, 0.29) is 29.3 Å². The van der Waals surface area contributed by atoms with Gasteiger partial charge in [0.2, 0.25) is 11.8 Å². The molecule has 0 aliphatic carbocycles. The summed E-state index contributed by atoms with van der Waals surface area (Å²) in [7, 11) is 1.87. The Labute approximate surface area is 122 Å². The van der Waals surface area contributed by atoms with Crippen molar-refractivity contribution < 1.29 is 9.59 Å². The third-order valence-corrected chi connectivity index (χ3v) is 3.63. The average Bonchev–Trinajstić information content (AvgIpc) is 2.82. The predicted octanol–water partition coefficient (Wildman–Crippen LogP) is 1.14. The van der Waals surface area contributed by atoms with Crippen LogP contribution in [0.15, 0.2) is 0 Å². The van der Waals surface area contributed by atoms with Crippen molar-refractivity contribution in [1.82, 2.24) is 15.5 Å². The van der Waals surface area contributed by atoms with Crippen molar-refractivity contribution in [3.05, 3.63) is 0 Å². The summed E-state index contributed by atoms with van der Waals surface area (Å²) in [5.41, 5.74) is -0.0403. The van der Waals surface area contributed by atoms with Gasteiger partial charge in [-0.05, 0) is 32.2 Å². The zero-order chi connectivity index (χ0) is 15.3. The Bertz CT molecular complexity index is 350. The summed E-state index contributed by atoms with van der Waals surface area (Å²) < 4.78 is 0. The minimum Gasteiger partial charge on any atom is -0.353 e. The van der Waals surface area contributed by atoms with Gasteiger partial charge < -0.3 is 15.5 Å². The number of likely N-dealkylation sites (tertiary alicyclic amines) is 1. The van der Waals surface area contributed by atoms with Crippen molar-refractivity contribution in [1.29, 1.82) is 0 Å². The number of hydrogen-bond donors (Lipinski definition) is 2. The molecule has 0 aromatic rings. The maximum absolute atomic E-state index is 12.3. The van der Waals surface area contributed by atoms with E-state index in [0.29, 0.717) is 19.5 Å². The van der Waals surface area contributed by atoms with Crippen LogP contribution in [0.1, 0.15) is 47.0 Å². The van der Waals surface area contributed by atoms with E-state index in [9.17, 15) is 9.59 Å². The monoisotopic (exact) mass is 283 g/mol. The van der Waals surface area contributed by atoms with Gasteiger partial charge in [-0.15, -0.1) is 0 Å². The SMILES string of the molecule is CNC(C)CNC(=O)C1CCCN1C(=O)CC(C)(C)C. The number of rotatable bonds is 5. The molecule has 0 saturated carbocycles. The van der Waals surface area contributed by atoms with Gasteiger partial charge in [-0.1, -0.05) is 20.8 Å². The van der Waals surface area contributed by atoms with Crippen LogP contribution in [0.2, 0.25) is 0 Å². The molecule has 1 aliphatic rings. The van der Waals surface area contributed by atoms with Crippen LogP contribution in [0, 0.1) is 5.41 Å². The Morgan fingerprint density at radius 2 is 2.00 bits per heavy atom. The summed E-state index contributed by atoms with van der Waals surface area (Å²) >= 11 is 0. The van der Waals surface area contributed by atoms with Crippen LogP contribution in [0.3, 0.4) is 0 Å². The predicted molar refractivity (Wildman–Crippen MR) is 80.3 cm³/mol. The normalized spacial score (nSPS) is 20.9. The lowest BCUT2D eigenvalue weighted by Gasteiger charge is -2.27. The third-order valence-electron chi connectivity index (χ3n) is 3.63. The Morgan fingerprint density at radius 3 is 2.55 bits per heavy atom. The van der Waals surface area contributed by atoms with Crippen LogP contribution >= 0.6 is 0 Å². The van der Waals surface area contributed by atoms with Gasteiger partial charge >= 0.3 is 0 Å². The van der Waals surface area contributed by atoms with Crippen LogP contribution in [0.5, 0.6) is 0 Å². The summed E-state index contributed by atoms with van der Waals surface area (Å²) in [5, 5.41) is 6.01. The summed E-state index contributed by atoms with van der Waals surface area (Å²) in [4.78, 5) is 26.3. The lowest BCUT2D eigenvalue weighted by molar-refractivity contribution is -0.139. The molecule has 1 saturated heterocycles. The maximum Gasteiger partial charge on any atom is 0.242 e. The van der Waals surface area contributed by atoms with Crippen molar-refractivity contribution in [2.75, 3.05) is 20.1 Å². The first-order chi connectivity index (χ1) is 9.24. The number of carbonyl (C=O) groups is 2. The number of likely N-dealkylation sites (N-methyl/N-ethyl adjacent to an activating group) is 1. The van der Waals surface area contributed by atoms with Gasteiger partial charge in [0, 0.05) is 25.6 Å². The largest absolute Gasteiger partial charge is 0.353 e. The Morgan fingerprint density at radius 1 is 1.35 bits per heavy atom. The van der Waals surface area contributed by atoms with Crippen molar-refractivity contribution in [3.8, 4) is 0 Å². The Balaban J connectivity index is 2.56. The van der Waals surface area contributed by atoms with Crippen molar-refractivity contribution in [2.24, 2.45) is 5.41 Å². The third kappa shape index (κ3) is 5.12. The second-order valence-electron chi connectivity index (χ2n) is 6.92. The zero-order valence-corrected chi connectivity index (χ0v) is 13.5. The molecule has 0 bridgehead atoms. The molecule has 1 fully saturated rings. The highest BCUT2D eigenvalue weighted by Gasteiger charge is 2.35. The summed E-state index contributed by atoms with van der Waals surface area (Å²) in [6.07, 6.45) is 2.18. The van der Waals surface area contributed by atoms with Crippen LogP contribution in [-0.4, -0.2) is 48.9 Å². The fourth-order valence-electron chi connectivity index (χ4n) is 2.37. The minimum atomic E-state index is -0.283. The quantitative estimate of drug-likeness (QED) is 0.795. The molecule has 0 radical (unpaired) electrons. The van der Waals surface area contributed by atoms with Gasteiger partial charge in [0.15, 0.2) is 0 Å². The molecule has 1 aliphatic heterocycles. The van der Waals surface area contributed by atoms with E-state index in [0.717, 1.165) is 12.8 Å². The number of carbonyl (C=O) groups excluding carboxylic acids is 2. The molecule has 2 amide bonds. The second kappa shape index (κ2) is 7.07. The minimum absolute atomic E-state index is 0.0214. The van der Waals surface area contributed by atoms with Crippen molar-refractivity contribution >= 4 is 11.8 Å². The fourth-order valence-corrected chi connectivity index (χ4v) is 2.37. The first-order valence-corrected chi connectivity index (χ1v) is 7.49. The first kappa shape index (κ1) is 17.0. The highest BCUT2D eigenvalue weighted by molar-refractivity contribution is 5.88. The molecule has 2 N–H and O–H groups in total. The van der Waals surface area contributed by atoms with Crippen LogP contribution in [0.4, 0.5) is 0 Å². The smallest absolute Gasteiger partial charge is 0.242 e. The van der Waals surface area contributed by atoms with Crippen LogP contribution in [0.25, 0.3) is 0 Å². The summed E-state index contributed by atoms with van der Waals surface area (Å²) in [6, 6.07) is -0.0482. The molecule has 20 heavy (non-hydrogen) atoms. The lowest BCUT2D eigenvalue weighted by atomic mass is 9.91. The average molecular weight is 283 g/mol. The molecular weight excluding hydrogens is 254 g/mol. The van der Waals surface area contributed by atoms with Crippen molar-refractivity contribution in [3.63, 3.8) is 0 Å². The van der Waals surface area contributed by atoms with Crippen LogP contribution < -0.4 is 10.6 Å². The zero-order valence-electron chi connectivity index (χ0n) is 13.5.